The zero-order valence-electron chi connectivity index (χ0n) is 22.3. The molecule has 0 amide bonds. The zero-order chi connectivity index (χ0) is 30.2. The fourth-order valence-corrected chi connectivity index (χ4v) is 5.40. The van der Waals surface area contributed by atoms with Crippen LogP contribution < -0.4 is 15.2 Å². The second-order valence-electron chi connectivity index (χ2n) is 9.96. The van der Waals surface area contributed by atoms with E-state index in [-0.39, 0.29) is 56.4 Å². The summed E-state index contributed by atoms with van der Waals surface area (Å²) in [5, 5.41) is 0.442. The number of hydrogen-bond acceptors (Lipinski definition) is 7. The van der Waals surface area contributed by atoms with Crippen LogP contribution in [0, 0.1) is 5.92 Å². The van der Waals surface area contributed by atoms with E-state index in [1.807, 2.05) is 0 Å². The van der Waals surface area contributed by atoms with Gasteiger partial charge in [0.2, 0.25) is 5.88 Å². The second kappa shape index (κ2) is 11.9. The summed E-state index contributed by atoms with van der Waals surface area (Å²) >= 11 is 12.6. The van der Waals surface area contributed by atoms with Gasteiger partial charge >= 0.3 is 12.1 Å². The number of pyridine rings is 1. The highest BCUT2D eigenvalue weighted by Gasteiger charge is 2.40. The predicted molar refractivity (Wildman–Crippen MR) is 150 cm³/mol. The molecule has 2 N–H and O–H groups in total. The van der Waals surface area contributed by atoms with Crippen LogP contribution in [-0.2, 0) is 22.1 Å². The maximum absolute atomic E-state index is 14.2. The summed E-state index contributed by atoms with van der Waals surface area (Å²) in [6.45, 7) is -0.428. The summed E-state index contributed by atoms with van der Waals surface area (Å²) in [7, 11) is 1.26. The highest BCUT2D eigenvalue weighted by molar-refractivity contribution is 6.37. The number of aryl methyl sites for hydroxylation is 1. The van der Waals surface area contributed by atoms with Crippen molar-refractivity contribution in [1.82, 2.24) is 4.98 Å². The number of nitrogens with two attached hydrogens (primary N) is 1. The molecule has 1 atom stereocenters. The van der Waals surface area contributed by atoms with Gasteiger partial charge < -0.3 is 19.9 Å². The molecule has 220 valence electrons. The Hall–Kier alpha value is -3.76. The molecule has 1 saturated carbocycles. The molecule has 1 aliphatic heterocycles. The molecule has 12 heteroatoms. The van der Waals surface area contributed by atoms with Crippen molar-refractivity contribution >= 4 is 40.7 Å². The van der Waals surface area contributed by atoms with Crippen molar-refractivity contribution in [3.8, 4) is 11.6 Å². The summed E-state index contributed by atoms with van der Waals surface area (Å²) < 4.78 is 58.9. The zero-order valence-corrected chi connectivity index (χ0v) is 23.8. The number of Topliss-reactive ketones (excluding diaryl/α,β-unsaturated/α-hetero) is 1. The first-order valence-corrected chi connectivity index (χ1v) is 13.8. The number of alkyl halides is 3. The number of fused-ring (bicyclic) bond motifs is 1. The Balaban J connectivity index is 1.42. The molecule has 0 spiro atoms. The Bertz CT molecular complexity index is 1570. The van der Waals surface area contributed by atoms with Crippen molar-refractivity contribution in [2.75, 3.05) is 13.7 Å². The number of rotatable bonds is 8. The highest BCUT2D eigenvalue weighted by Crippen LogP contribution is 2.41. The monoisotopic (exact) mass is 620 g/mol. The van der Waals surface area contributed by atoms with E-state index in [0.717, 1.165) is 0 Å². The number of ether oxygens (including phenoxy) is 3. The van der Waals surface area contributed by atoms with E-state index < -0.39 is 30.6 Å². The first kappa shape index (κ1) is 29.7. The lowest BCUT2D eigenvalue weighted by molar-refractivity contribution is -0.143. The number of ketones is 1. The van der Waals surface area contributed by atoms with Gasteiger partial charge in [-0.05, 0) is 67.6 Å². The van der Waals surface area contributed by atoms with Crippen molar-refractivity contribution in [1.29, 1.82) is 0 Å². The molecule has 5 rings (SSSR count). The van der Waals surface area contributed by atoms with Crippen molar-refractivity contribution < 1.29 is 37.0 Å². The molecule has 7 nitrogen and oxygen atoms in total. The number of benzene rings is 2. The number of halogens is 5. The normalized spacial score (nSPS) is 17.0. The standard InChI is InChI=1S/C30H25Cl2F3N2O5/c1-40-29(39)17-8-10-22-16(13-17)7-11-23(42-22)18-9-12-24(37-28(18)30(33,34)35)41-14-19(27(38)15-5-6-15)26(36)25-20(31)3-2-4-21(25)32/h2-4,8-10,12-13,15,23H,5-7,11,14,36H2,1H3. The molecule has 1 aliphatic carbocycles. The van der Waals surface area contributed by atoms with E-state index in [2.05, 4.69) is 4.98 Å². The van der Waals surface area contributed by atoms with Crippen LogP contribution >= 0.6 is 23.2 Å². The van der Waals surface area contributed by atoms with E-state index in [0.29, 0.717) is 36.1 Å². The summed E-state index contributed by atoms with van der Waals surface area (Å²) in [4.78, 5) is 28.7. The van der Waals surface area contributed by atoms with E-state index in [1.165, 1.54) is 31.4 Å². The molecule has 42 heavy (non-hydrogen) atoms. The van der Waals surface area contributed by atoms with Crippen LogP contribution in [-0.4, -0.2) is 30.5 Å². The van der Waals surface area contributed by atoms with Gasteiger partial charge in [0.05, 0.1) is 34.0 Å². The van der Waals surface area contributed by atoms with Gasteiger partial charge in [0, 0.05) is 23.1 Å². The Morgan fingerprint density at radius 3 is 2.43 bits per heavy atom. The third-order valence-corrected chi connectivity index (χ3v) is 7.74. The molecule has 1 fully saturated rings. The minimum atomic E-state index is -4.82. The molecule has 3 aromatic rings. The maximum Gasteiger partial charge on any atom is 0.433 e. The van der Waals surface area contributed by atoms with Gasteiger partial charge in [-0.25, -0.2) is 9.78 Å². The molecule has 2 aromatic carbocycles. The predicted octanol–water partition coefficient (Wildman–Crippen LogP) is 6.99. The van der Waals surface area contributed by atoms with Crippen LogP contribution in [0.4, 0.5) is 13.2 Å². The molecular weight excluding hydrogens is 596 g/mol. The number of aromatic nitrogens is 1. The van der Waals surface area contributed by atoms with Crippen molar-refractivity contribution in [2.24, 2.45) is 11.7 Å². The summed E-state index contributed by atoms with van der Waals surface area (Å²) in [6.07, 6.45) is -3.82. The number of esters is 1. The molecule has 2 heterocycles. The van der Waals surface area contributed by atoms with E-state index >= 15 is 0 Å². The Labute approximate surface area is 249 Å². The van der Waals surface area contributed by atoms with Crippen LogP contribution in [0.5, 0.6) is 11.6 Å². The van der Waals surface area contributed by atoms with Gasteiger partial charge in [-0.3, -0.25) is 4.79 Å². The van der Waals surface area contributed by atoms with E-state index in [1.54, 1.807) is 24.3 Å². The summed E-state index contributed by atoms with van der Waals surface area (Å²) in [6, 6.07) is 11.9. The van der Waals surface area contributed by atoms with Crippen LogP contribution in [0.1, 0.15) is 58.1 Å². The maximum atomic E-state index is 14.2. The first-order chi connectivity index (χ1) is 20.0. The highest BCUT2D eigenvalue weighted by atomic mass is 35.5. The van der Waals surface area contributed by atoms with Gasteiger partial charge in [-0.1, -0.05) is 29.3 Å². The number of hydrogen-bond donors (Lipinski definition) is 1. The van der Waals surface area contributed by atoms with E-state index in [9.17, 15) is 22.8 Å². The lowest BCUT2D eigenvalue weighted by Gasteiger charge is -2.28. The van der Waals surface area contributed by atoms with Gasteiger partial charge in [0.15, 0.2) is 11.5 Å². The topological polar surface area (TPSA) is 101 Å². The third kappa shape index (κ3) is 6.19. The van der Waals surface area contributed by atoms with Crippen molar-refractivity contribution in [2.45, 2.75) is 38.0 Å². The summed E-state index contributed by atoms with van der Waals surface area (Å²) in [5.41, 5.74) is 6.32. The Kier molecular flexibility index (Phi) is 8.39. The number of nitrogens with zero attached hydrogens (tertiary/aromatic N) is 1. The SMILES string of the molecule is COC(=O)c1ccc2c(c1)CCC(c1ccc(OCC(C(=O)C3CC3)=C(N)c3c(Cl)cccc3Cl)nc1C(F)(F)F)O2. The fraction of sp³-hybridized carbons (Fsp3) is 0.300. The Morgan fingerprint density at radius 2 is 1.79 bits per heavy atom. The van der Waals surface area contributed by atoms with E-state index in [4.69, 9.17) is 43.1 Å². The second-order valence-corrected chi connectivity index (χ2v) is 10.8. The van der Waals surface area contributed by atoms with Crippen LogP contribution in [0.2, 0.25) is 10.0 Å². The molecule has 1 unspecified atom stereocenters. The van der Waals surface area contributed by atoms with Crippen molar-refractivity contribution in [3.05, 3.63) is 92.1 Å². The average molecular weight is 621 g/mol. The van der Waals surface area contributed by atoms with Crippen molar-refractivity contribution in [3.63, 3.8) is 0 Å². The minimum absolute atomic E-state index is 0.000192. The molecular formula is C30H25Cl2F3N2O5. The van der Waals surface area contributed by atoms with Gasteiger partial charge in [-0.2, -0.15) is 13.2 Å². The third-order valence-electron chi connectivity index (χ3n) is 7.11. The molecule has 2 aliphatic rings. The number of carbonyl (C=O) groups is 2. The quantitative estimate of drug-likeness (QED) is 0.214. The lowest BCUT2D eigenvalue weighted by Crippen LogP contribution is -2.22. The first-order valence-electron chi connectivity index (χ1n) is 13.0. The van der Waals surface area contributed by atoms with Gasteiger partial charge in [0.25, 0.3) is 0 Å². The van der Waals surface area contributed by atoms with Crippen LogP contribution in [0.25, 0.3) is 5.70 Å². The molecule has 0 bridgehead atoms. The van der Waals surface area contributed by atoms with Crippen LogP contribution in [0.3, 0.4) is 0 Å². The molecule has 0 radical (unpaired) electrons. The van der Waals surface area contributed by atoms with Crippen LogP contribution in [0.15, 0.2) is 54.1 Å². The number of carbonyl (C=O) groups excluding carboxylic acids is 2. The lowest BCUT2D eigenvalue weighted by atomic mass is 9.95. The minimum Gasteiger partial charge on any atom is -0.485 e. The fourth-order valence-electron chi connectivity index (χ4n) is 4.80. The molecule has 0 saturated heterocycles. The molecule has 1 aromatic heterocycles. The van der Waals surface area contributed by atoms with Gasteiger partial charge in [0.1, 0.15) is 18.5 Å². The smallest absolute Gasteiger partial charge is 0.433 e. The van der Waals surface area contributed by atoms with Gasteiger partial charge in [-0.15, -0.1) is 0 Å². The summed E-state index contributed by atoms with van der Waals surface area (Å²) in [5.74, 6) is -1.02. The Morgan fingerprint density at radius 1 is 1.07 bits per heavy atom. The average Bonchev–Trinajstić information content (AvgIpc) is 3.81. The number of methoxy groups -OCH3 is 1. The largest absolute Gasteiger partial charge is 0.485 e.